The third kappa shape index (κ3) is 4.64. The summed E-state index contributed by atoms with van der Waals surface area (Å²) in [5, 5.41) is 10.2. The maximum atomic E-state index is 6.10. The van der Waals surface area contributed by atoms with E-state index in [1.807, 2.05) is 16.0 Å². The fourth-order valence-electron chi connectivity index (χ4n) is 2.53. The van der Waals surface area contributed by atoms with Gasteiger partial charge in [0.2, 0.25) is 0 Å². The Hall–Kier alpha value is -1.26. The number of aromatic nitrogens is 2. The van der Waals surface area contributed by atoms with Crippen LogP contribution in [-0.4, -0.2) is 60.1 Å². The Labute approximate surface area is 154 Å². The van der Waals surface area contributed by atoms with E-state index in [2.05, 4.69) is 20.8 Å². The lowest BCUT2D eigenvalue weighted by Gasteiger charge is -2.23. The quantitative estimate of drug-likeness (QED) is 0.285. The highest BCUT2D eigenvalue weighted by Crippen LogP contribution is 2.19. The normalized spacial score (nSPS) is 16.0. The monoisotopic (exact) mass is 387 g/mol. The van der Waals surface area contributed by atoms with Gasteiger partial charge in [0.1, 0.15) is 18.8 Å². The summed E-state index contributed by atoms with van der Waals surface area (Å²) in [6.07, 6.45) is 4.59. The molecule has 0 unspecified atom stereocenters. The van der Waals surface area contributed by atoms with Gasteiger partial charge in [-0.25, -0.2) is 4.98 Å². The molecule has 24 heavy (non-hydrogen) atoms. The lowest BCUT2D eigenvalue weighted by Crippen LogP contribution is -3.14. The van der Waals surface area contributed by atoms with E-state index in [0.29, 0.717) is 10.3 Å². The first-order chi connectivity index (χ1) is 11.7. The molecule has 1 fully saturated rings. The third-order valence-electron chi connectivity index (χ3n) is 3.80. The zero-order valence-electron chi connectivity index (χ0n) is 13.1. The van der Waals surface area contributed by atoms with Crippen LogP contribution in [0, 0.1) is 0 Å². The van der Waals surface area contributed by atoms with Crippen LogP contribution in [0.2, 0.25) is 5.15 Å². The van der Waals surface area contributed by atoms with Gasteiger partial charge in [0.15, 0.2) is 15.2 Å². The largest absolute Gasteiger partial charge is 0.370 e. The van der Waals surface area contributed by atoms with Gasteiger partial charge >= 0.3 is 0 Å². The van der Waals surface area contributed by atoms with E-state index in [1.165, 1.54) is 11.3 Å². The highest BCUT2D eigenvalue weighted by atomic mass is 35.5. The van der Waals surface area contributed by atoms with Crippen molar-refractivity contribution in [3.8, 4) is 0 Å². The number of quaternary nitrogens is 1. The molecule has 3 N–H and O–H groups in total. The predicted octanol–water partition coefficient (Wildman–Crippen LogP) is 0.152. The summed E-state index contributed by atoms with van der Waals surface area (Å²) in [6, 6.07) is 0. The van der Waals surface area contributed by atoms with E-state index in [1.54, 1.807) is 11.1 Å². The molecule has 0 atom stereocenters. The van der Waals surface area contributed by atoms with Gasteiger partial charge in [0.25, 0.3) is 0 Å². The van der Waals surface area contributed by atoms with Crippen LogP contribution in [0.25, 0.3) is 4.96 Å². The maximum absolute atomic E-state index is 6.10. The summed E-state index contributed by atoms with van der Waals surface area (Å²) in [7, 11) is 0. The second-order valence-corrected chi connectivity index (χ2v) is 7.07. The van der Waals surface area contributed by atoms with E-state index < -0.39 is 0 Å². The number of hydrogen-bond acceptors (Lipinski definition) is 5. The Morgan fingerprint density at radius 2 is 2.38 bits per heavy atom. The summed E-state index contributed by atoms with van der Waals surface area (Å²) in [5.74, 6) is 0. The summed E-state index contributed by atoms with van der Waals surface area (Å²) < 4.78 is 7.24. The predicted molar refractivity (Wildman–Crippen MR) is 100 cm³/mol. The molecule has 130 valence electrons. The first-order valence-electron chi connectivity index (χ1n) is 7.83. The van der Waals surface area contributed by atoms with E-state index in [4.69, 9.17) is 28.6 Å². The van der Waals surface area contributed by atoms with Crippen molar-refractivity contribution in [2.75, 3.05) is 39.4 Å². The number of hydrogen-bond donors (Lipinski definition) is 3. The van der Waals surface area contributed by atoms with Gasteiger partial charge < -0.3 is 15.0 Å². The van der Waals surface area contributed by atoms with E-state index >= 15 is 0 Å². The summed E-state index contributed by atoms with van der Waals surface area (Å²) in [6.45, 7) is 5.88. The van der Waals surface area contributed by atoms with Crippen LogP contribution in [0.1, 0.15) is 12.1 Å². The van der Waals surface area contributed by atoms with E-state index in [-0.39, 0.29) is 0 Å². The van der Waals surface area contributed by atoms with Crippen molar-refractivity contribution in [2.24, 2.45) is 5.10 Å². The van der Waals surface area contributed by atoms with Crippen molar-refractivity contribution in [1.82, 2.24) is 20.1 Å². The molecule has 1 aliphatic rings. The fraction of sp³-hybridized carbons (Fsp3) is 0.500. The van der Waals surface area contributed by atoms with Crippen LogP contribution in [0.4, 0.5) is 0 Å². The Morgan fingerprint density at radius 3 is 3.21 bits per heavy atom. The van der Waals surface area contributed by atoms with Gasteiger partial charge in [-0.05, 0) is 12.2 Å². The van der Waals surface area contributed by atoms with Crippen molar-refractivity contribution < 1.29 is 9.64 Å². The third-order valence-corrected chi connectivity index (χ3v) is 5.07. The molecule has 0 bridgehead atoms. The molecule has 0 saturated carbocycles. The van der Waals surface area contributed by atoms with Crippen LogP contribution >= 0.6 is 35.2 Å². The van der Waals surface area contributed by atoms with Crippen LogP contribution in [0.15, 0.2) is 16.7 Å². The number of hydrazone groups is 1. The average Bonchev–Trinajstić information content (AvgIpc) is 3.15. The zero-order chi connectivity index (χ0) is 16.8. The Bertz CT molecular complexity index is 709. The van der Waals surface area contributed by atoms with Crippen LogP contribution in [0.3, 0.4) is 0 Å². The standard InChI is InChI=1S/C14H19ClN6OS2/c15-12-11(21-6-9-24-14(21)18-12)10-17-19-13(23)16-2-1-3-20-4-7-22-8-5-20/h6,9-10H,1-5,7-8H2,(H2,16,19,23)/p+1/b17-10-. The van der Waals surface area contributed by atoms with Gasteiger partial charge in [0.05, 0.1) is 26.0 Å². The number of rotatable bonds is 6. The topological polar surface area (TPSA) is 67.4 Å². The second kappa shape index (κ2) is 8.72. The number of thiazole rings is 1. The van der Waals surface area contributed by atoms with Crippen molar-refractivity contribution in [1.29, 1.82) is 0 Å². The second-order valence-electron chi connectivity index (χ2n) is 5.44. The van der Waals surface area contributed by atoms with Gasteiger partial charge in [-0.1, -0.05) is 11.6 Å². The molecule has 3 rings (SSSR count). The molecule has 2 aromatic rings. The van der Waals surface area contributed by atoms with Crippen LogP contribution in [-0.2, 0) is 4.74 Å². The van der Waals surface area contributed by atoms with Gasteiger partial charge in [0, 0.05) is 24.5 Å². The number of thiocarbonyl (C=S) groups is 1. The number of morpholine rings is 1. The van der Waals surface area contributed by atoms with Crippen molar-refractivity contribution in [3.05, 3.63) is 22.4 Å². The molecule has 1 saturated heterocycles. The molecular formula is C14H20ClN6OS2+. The first kappa shape index (κ1) is 17.6. The molecular weight excluding hydrogens is 368 g/mol. The first-order valence-corrected chi connectivity index (χ1v) is 9.50. The highest BCUT2D eigenvalue weighted by Gasteiger charge is 2.12. The van der Waals surface area contributed by atoms with E-state index in [0.717, 1.165) is 56.5 Å². The van der Waals surface area contributed by atoms with Crippen molar-refractivity contribution in [2.45, 2.75) is 6.42 Å². The number of halogens is 1. The van der Waals surface area contributed by atoms with Crippen LogP contribution in [0.5, 0.6) is 0 Å². The molecule has 0 aliphatic carbocycles. The molecule has 0 radical (unpaired) electrons. The van der Waals surface area contributed by atoms with Gasteiger partial charge in [-0.15, -0.1) is 11.3 Å². The smallest absolute Gasteiger partial charge is 0.195 e. The SMILES string of the molecule is S=C(NCCC[NH+]1CCOCC1)N/N=C\c1c(Cl)nc2sccn12. The summed E-state index contributed by atoms with van der Waals surface area (Å²) in [4.78, 5) is 6.68. The molecule has 1 aliphatic heterocycles. The summed E-state index contributed by atoms with van der Waals surface area (Å²) in [5.41, 5.74) is 3.55. The minimum Gasteiger partial charge on any atom is -0.370 e. The lowest BCUT2D eigenvalue weighted by atomic mass is 10.3. The number of ether oxygens (including phenoxy) is 1. The number of nitrogens with one attached hydrogen (secondary N) is 3. The highest BCUT2D eigenvalue weighted by molar-refractivity contribution is 7.80. The van der Waals surface area contributed by atoms with Gasteiger partial charge in [-0.2, -0.15) is 5.10 Å². The van der Waals surface area contributed by atoms with Gasteiger partial charge in [-0.3, -0.25) is 9.83 Å². The van der Waals surface area contributed by atoms with Crippen molar-refractivity contribution in [3.63, 3.8) is 0 Å². The number of nitrogens with zero attached hydrogens (tertiary/aromatic N) is 3. The van der Waals surface area contributed by atoms with Crippen LogP contribution < -0.4 is 15.6 Å². The number of fused-ring (bicyclic) bond motifs is 1. The average molecular weight is 388 g/mol. The molecule has 0 aromatic carbocycles. The Kier molecular flexibility index (Phi) is 6.38. The fourth-order valence-corrected chi connectivity index (χ4v) is 3.68. The zero-order valence-corrected chi connectivity index (χ0v) is 15.5. The minimum atomic E-state index is 0.430. The molecule has 10 heteroatoms. The molecule has 2 aromatic heterocycles. The molecule has 7 nitrogen and oxygen atoms in total. The Balaban J connectivity index is 1.37. The lowest BCUT2D eigenvalue weighted by molar-refractivity contribution is -0.908. The van der Waals surface area contributed by atoms with Crippen molar-refractivity contribution >= 4 is 51.4 Å². The Morgan fingerprint density at radius 1 is 1.54 bits per heavy atom. The molecule has 0 spiro atoms. The molecule has 3 heterocycles. The maximum Gasteiger partial charge on any atom is 0.195 e. The van der Waals surface area contributed by atoms with E-state index in [9.17, 15) is 0 Å². The minimum absolute atomic E-state index is 0.430. The summed E-state index contributed by atoms with van der Waals surface area (Å²) >= 11 is 12.8. The number of imidazole rings is 1. The molecule has 0 amide bonds.